The van der Waals surface area contributed by atoms with Crippen molar-refractivity contribution in [1.82, 2.24) is 9.80 Å². The number of ether oxygens (including phenoxy) is 1. The van der Waals surface area contributed by atoms with E-state index < -0.39 is 6.10 Å². The van der Waals surface area contributed by atoms with Gasteiger partial charge in [0.05, 0.1) is 24.8 Å². The fourth-order valence-corrected chi connectivity index (χ4v) is 3.81. The van der Waals surface area contributed by atoms with Gasteiger partial charge in [-0.3, -0.25) is 4.79 Å². The van der Waals surface area contributed by atoms with Crippen molar-refractivity contribution in [3.63, 3.8) is 0 Å². The van der Waals surface area contributed by atoms with Gasteiger partial charge in [0.2, 0.25) is 0 Å². The Morgan fingerprint density at radius 2 is 1.91 bits per heavy atom. The molecule has 2 aromatic rings. The number of likely N-dealkylation sites (N-methyl/N-ethyl adjacent to an activating group) is 1. The molecule has 1 aliphatic heterocycles. The van der Waals surface area contributed by atoms with Crippen LogP contribution in [0.4, 0.5) is 20.6 Å². The third-order valence-corrected chi connectivity index (χ3v) is 6.06. The van der Waals surface area contributed by atoms with Crippen LogP contribution in [0.2, 0.25) is 0 Å². The number of nitrogens with zero attached hydrogens (tertiary/aromatic N) is 3. The maximum absolute atomic E-state index is 13.4. The summed E-state index contributed by atoms with van der Waals surface area (Å²) in [6.07, 6.45) is -0.408. The second-order valence-electron chi connectivity index (χ2n) is 9.02. The van der Waals surface area contributed by atoms with Crippen molar-refractivity contribution in [2.24, 2.45) is 5.92 Å². The van der Waals surface area contributed by atoms with Gasteiger partial charge in [0.1, 0.15) is 17.7 Å². The van der Waals surface area contributed by atoms with E-state index in [1.807, 2.05) is 32.0 Å². The molecule has 8 nitrogen and oxygen atoms in total. The highest BCUT2D eigenvalue weighted by Gasteiger charge is 2.34. The minimum Gasteiger partial charge on any atom is -0.487 e. The topological polar surface area (TPSA) is 85.3 Å². The Labute approximate surface area is 199 Å². The summed E-state index contributed by atoms with van der Waals surface area (Å²) in [5, 5.41) is 12.5. The van der Waals surface area contributed by atoms with Gasteiger partial charge >= 0.3 is 6.03 Å². The van der Waals surface area contributed by atoms with Crippen molar-refractivity contribution in [2.75, 3.05) is 51.1 Å². The van der Waals surface area contributed by atoms with Crippen LogP contribution < -0.4 is 15.0 Å². The average molecular weight is 473 g/mol. The first kappa shape index (κ1) is 25.3. The van der Waals surface area contributed by atoms with E-state index in [-0.39, 0.29) is 42.9 Å². The van der Waals surface area contributed by atoms with Gasteiger partial charge in [-0.25, -0.2) is 9.18 Å². The Hall–Kier alpha value is -3.33. The van der Waals surface area contributed by atoms with Crippen molar-refractivity contribution in [3.05, 3.63) is 53.8 Å². The summed E-state index contributed by atoms with van der Waals surface area (Å²) in [5.74, 6) is -0.265. The Bertz CT molecular complexity index is 1010. The zero-order valence-electron chi connectivity index (χ0n) is 20.3. The van der Waals surface area contributed by atoms with E-state index in [0.717, 1.165) is 5.69 Å². The fraction of sp³-hybridized carbons (Fsp3) is 0.440. The quantitative estimate of drug-likeness (QED) is 0.674. The summed E-state index contributed by atoms with van der Waals surface area (Å²) < 4.78 is 19.5. The number of rotatable bonds is 6. The van der Waals surface area contributed by atoms with E-state index in [1.165, 1.54) is 29.2 Å². The van der Waals surface area contributed by atoms with Crippen LogP contribution in [-0.2, 0) is 0 Å². The molecule has 184 valence electrons. The summed E-state index contributed by atoms with van der Waals surface area (Å²) in [4.78, 5) is 31.2. The maximum atomic E-state index is 13.4. The second kappa shape index (κ2) is 10.7. The van der Waals surface area contributed by atoms with Gasteiger partial charge < -0.3 is 29.9 Å². The minimum absolute atomic E-state index is 0.124. The normalized spacial score (nSPS) is 18.8. The van der Waals surface area contributed by atoms with Crippen LogP contribution in [0, 0.1) is 11.7 Å². The van der Waals surface area contributed by atoms with Crippen molar-refractivity contribution in [2.45, 2.75) is 26.0 Å². The number of anilines is 2. The zero-order valence-corrected chi connectivity index (χ0v) is 20.3. The average Bonchev–Trinajstić information content (AvgIpc) is 2.81. The first-order valence-corrected chi connectivity index (χ1v) is 11.3. The van der Waals surface area contributed by atoms with Crippen LogP contribution >= 0.6 is 0 Å². The van der Waals surface area contributed by atoms with Gasteiger partial charge in [0.25, 0.3) is 5.91 Å². The van der Waals surface area contributed by atoms with Crippen molar-refractivity contribution >= 4 is 23.3 Å². The van der Waals surface area contributed by atoms with E-state index in [9.17, 15) is 19.1 Å². The molecule has 0 spiro atoms. The van der Waals surface area contributed by atoms with E-state index in [1.54, 1.807) is 31.0 Å². The smallest absolute Gasteiger partial charge is 0.321 e. The lowest BCUT2D eigenvalue weighted by molar-refractivity contribution is 0.0371. The maximum Gasteiger partial charge on any atom is 0.321 e. The number of carbonyl (C=O) groups is 2. The molecule has 0 saturated heterocycles. The first-order valence-electron chi connectivity index (χ1n) is 11.3. The van der Waals surface area contributed by atoms with Gasteiger partial charge in [-0.05, 0) is 49.4 Å². The van der Waals surface area contributed by atoms with Crippen LogP contribution in [0.3, 0.4) is 0 Å². The van der Waals surface area contributed by atoms with Gasteiger partial charge in [0, 0.05) is 45.0 Å². The van der Waals surface area contributed by atoms with Crippen molar-refractivity contribution in [3.8, 4) is 5.75 Å². The Morgan fingerprint density at radius 3 is 2.53 bits per heavy atom. The molecule has 2 N–H and O–H groups in total. The van der Waals surface area contributed by atoms with Crippen molar-refractivity contribution in [1.29, 1.82) is 0 Å². The number of fused-ring (bicyclic) bond motifs is 1. The number of hydrogen-bond acceptors (Lipinski definition) is 5. The number of nitrogens with one attached hydrogen (secondary N) is 1. The van der Waals surface area contributed by atoms with Gasteiger partial charge in [0.15, 0.2) is 0 Å². The van der Waals surface area contributed by atoms with Crippen LogP contribution in [-0.4, -0.2) is 79.8 Å². The van der Waals surface area contributed by atoms with E-state index in [0.29, 0.717) is 23.5 Å². The highest BCUT2D eigenvalue weighted by molar-refractivity contribution is 5.98. The zero-order chi connectivity index (χ0) is 25.0. The lowest BCUT2D eigenvalue weighted by Gasteiger charge is -2.38. The minimum atomic E-state index is -0.408. The lowest BCUT2D eigenvalue weighted by atomic mass is 9.99. The third-order valence-electron chi connectivity index (χ3n) is 6.06. The van der Waals surface area contributed by atoms with Gasteiger partial charge in [-0.15, -0.1) is 0 Å². The molecular formula is C25H33FN4O4. The van der Waals surface area contributed by atoms with Gasteiger partial charge in [-0.2, -0.15) is 0 Å². The van der Waals surface area contributed by atoms with Crippen LogP contribution in [0.1, 0.15) is 24.2 Å². The molecule has 0 bridgehead atoms. The first-order chi connectivity index (χ1) is 16.1. The number of carbonyl (C=O) groups excluding carboxylic acids is 2. The van der Waals surface area contributed by atoms with Crippen LogP contribution in [0.25, 0.3) is 0 Å². The molecule has 3 amide bonds. The monoisotopic (exact) mass is 472 g/mol. The summed E-state index contributed by atoms with van der Waals surface area (Å²) in [6.45, 7) is 4.23. The molecule has 2 aromatic carbocycles. The second-order valence-corrected chi connectivity index (χ2v) is 9.02. The molecule has 34 heavy (non-hydrogen) atoms. The summed E-state index contributed by atoms with van der Waals surface area (Å²) in [6, 6.07) is 10.3. The molecule has 1 heterocycles. The Kier molecular flexibility index (Phi) is 7.98. The van der Waals surface area contributed by atoms with E-state index in [2.05, 4.69) is 5.32 Å². The SMILES string of the molecule is C[C@H](CO)N1C[C@H](C)[C@H](CN(C)C(=O)Nc2ccc(F)cc2)Oc2ccc(N(C)C)cc2C1=O. The summed E-state index contributed by atoms with van der Waals surface area (Å²) >= 11 is 0. The Balaban J connectivity index is 1.85. The molecule has 3 rings (SSSR count). The number of hydrogen-bond donors (Lipinski definition) is 2. The number of amides is 3. The number of halogens is 1. The number of urea groups is 1. The molecule has 0 saturated carbocycles. The van der Waals surface area contributed by atoms with E-state index >= 15 is 0 Å². The summed E-state index contributed by atoms with van der Waals surface area (Å²) in [5.41, 5.74) is 1.76. The standard InChI is InChI=1S/C25H33FN4O4/c1-16-13-30(17(2)15-31)24(32)21-12-20(28(3)4)10-11-22(21)34-23(16)14-29(5)25(33)27-19-8-6-18(26)7-9-19/h6-12,16-17,23,31H,13-15H2,1-5H3,(H,27,33)/t16-,17+,23-/m0/s1. The van der Waals surface area contributed by atoms with E-state index in [4.69, 9.17) is 4.74 Å². The molecule has 9 heteroatoms. The molecular weight excluding hydrogens is 439 g/mol. The van der Waals surface area contributed by atoms with Crippen molar-refractivity contribution < 1.29 is 23.8 Å². The van der Waals surface area contributed by atoms with Crippen LogP contribution in [0.15, 0.2) is 42.5 Å². The highest BCUT2D eigenvalue weighted by atomic mass is 19.1. The molecule has 0 aliphatic carbocycles. The summed E-state index contributed by atoms with van der Waals surface area (Å²) in [7, 11) is 5.44. The third kappa shape index (κ3) is 5.77. The molecule has 3 atom stereocenters. The largest absolute Gasteiger partial charge is 0.487 e. The lowest BCUT2D eigenvalue weighted by Crippen LogP contribution is -2.50. The number of aliphatic hydroxyl groups excluding tert-OH is 1. The van der Waals surface area contributed by atoms with Gasteiger partial charge in [-0.1, -0.05) is 6.92 Å². The molecule has 0 radical (unpaired) electrons. The number of aliphatic hydroxyl groups is 1. The molecule has 0 fully saturated rings. The molecule has 1 aliphatic rings. The van der Waals surface area contributed by atoms with Crippen LogP contribution in [0.5, 0.6) is 5.75 Å². The molecule has 0 aromatic heterocycles. The predicted molar refractivity (Wildman–Crippen MR) is 130 cm³/mol. The predicted octanol–water partition coefficient (Wildman–Crippen LogP) is 3.28. The number of benzene rings is 2. The fourth-order valence-electron chi connectivity index (χ4n) is 3.81. The highest BCUT2D eigenvalue weighted by Crippen LogP contribution is 2.31. The molecule has 0 unspecified atom stereocenters. The Morgan fingerprint density at radius 1 is 1.24 bits per heavy atom.